The fraction of sp³-hybridized carbons (Fsp3) is 0.533. The summed E-state index contributed by atoms with van der Waals surface area (Å²) in [6.45, 7) is 0. The van der Waals surface area contributed by atoms with Crippen LogP contribution in [0.1, 0.15) is 19.3 Å². The first kappa shape index (κ1) is 11.3. The van der Waals surface area contributed by atoms with Crippen LogP contribution in [0.2, 0.25) is 0 Å². The fourth-order valence-corrected chi connectivity index (χ4v) is 4.52. The Morgan fingerprint density at radius 1 is 1.26 bits per heavy atom. The molecule has 3 saturated carbocycles. The Hall–Kier alpha value is -1.58. The number of carbonyl (C=O) groups is 1. The lowest BCUT2D eigenvalue weighted by Crippen LogP contribution is -2.18. The SMILES string of the molecule is Nc1cc(NC(=O)C2C3C4CCC(C4)C23)ccc1F. The fourth-order valence-electron chi connectivity index (χ4n) is 4.52. The van der Waals surface area contributed by atoms with Gasteiger partial charge in [-0.15, -0.1) is 0 Å². The van der Waals surface area contributed by atoms with Gasteiger partial charge in [0.05, 0.1) is 5.69 Å². The molecule has 0 heterocycles. The molecule has 4 rings (SSSR count). The van der Waals surface area contributed by atoms with Crippen molar-refractivity contribution in [2.24, 2.45) is 29.6 Å². The molecule has 3 nitrogen and oxygen atoms in total. The van der Waals surface area contributed by atoms with Crippen molar-refractivity contribution in [2.45, 2.75) is 19.3 Å². The summed E-state index contributed by atoms with van der Waals surface area (Å²) in [5.41, 5.74) is 6.18. The van der Waals surface area contributed by atoms with Crippen LogP contribution in [0.4, 0.5) is 15.8 Å². The first-order valence-electron chi connectivity index (χ1n) is 7.01. The molecule has 1 aromatic carbocycles. The number of fused-ring (bicyclic) bond motifs is 5. The number of hydrogen-bond donors (Lipinski definition) is 2. The van der Waals surface area contributed by atoms with E-state index in [9.17, 15) is 9.18 Å². The molecule has 3 fully saturated rings. The topological polar surface area (TPSA) is 55.1 Å². The van der Waals surface area contributed by atoms with Gasteiger partial charge in [0.2, 0.25) is 5.91 Å². The molecule has 1 aromatic rings. The number of halogens is 1. The Morgan fingerprint density at radius 3 is 2.58 bits per heavy atom. The zero-order chi connectivity index (χ0) is 13.1. The normalized spacial score (nSPS) is 38.1. The third-order valence-corrected chi connectivity index (χ3v) is 5.30. The van der Waals surface area contributed by atoms with Gasteiger partial charge in [-0.05, 0) is 61.1 Å². The van der Waals surface area contributed by atoms with Crippen LogP contribution < -0.4 is 11.1 Å². The Morgan fingerprint density at radius 2 is 1.95 bits per heavy atom. The second-order valence-corrected chi connectivity index (χ2v) is 6.24. The molecule has 3 aliphatic rings. The molecule has 0 aliphatic heterocycles. The molecule has 1 amide bonds. The minimum Gasteiger partial charge on any atom is -0.396 e. The van der Waals surface area contributed by atoms with Crippen LogP contribution in [0.15, 0.2) is 18.2 Å². The average molecular weight is 260 g/mol. The van der Waals surface area contributed by atoms with Crippen LogP contribution in [-0.4, -0.2) is 5.91 Å². The Labute approximate surface area is 111 Å². The van der Waals surface area contributed by atoms with E-state index >= 15 is 0 Å². The summed E-state index contributed by atoms with van der Waals surface area (Å²) in [5.74, 6) is 2.65. The van der Waals surface area contributed by atoms with Gasteiger partial charge >= 0.3 is 0 Å². The molecule has 0 radical (unpaired) electrons. The Balaban J connectivity index is 1.47. The maximum atomic E-state index is 13.1. The summed E-state index contributed by atoms with van der Waals surface area (Å²) in [6.07, 6.45) is 3.95. The van der Waals surface area contributed by atoms with E-state index in [-0.39, 0.29) is 17.5 Å². The highest BCUT2D eigenvalue weighted by atomic mass is 19.1. The van der Waals surface area contributed by atoms with Crippen molar-refractivity contribution >= 4 is 17.3 Å². The second kappa shape index (κ2) is 3.71. The summed E-state index contributed by atoms with van der Waals surface area (Å²) in [4.78, 5) is 12.3. The smallest absolute Gasteiger partial charge is 0.228 e. The molecular weight excluding hydrogens is 243 g/mol. The molecule has 0 spiro atoms. The highest BCUT2D eigenvalue weighted by molar-refractivity contribution is 5.95. The van der Waals surface area contributed by atoms with E-state index in [4.69, 9.17) is 5.73 Å². The quantitative estimate of drug-likeness (QED) is 0.803. The van der Waals surface area contributed by atoms with Crippen molar-refractivity contribution in [1.29, 1.82) is 0 Å². The number of hydrogen-bond acceptors (Lipinski definition) is 2. The van der Waals surface area contributed by atoms with E-state index in [1.165, 1.54) is 31.4 Å². The number of benzene rings is 1. The number of nitrogen functional groups attached to an aromatic ring is 1. The summed E-state index contributed by atoms with van der Waals surface area (Å²) in [7, 11) is 0. The van der Waals surface area contributed by atoms with Gasteiger partial charge in [0.1, 0.15) is 5.82 Å². The van der Waals surface area contributed by atoms with Crippen LogP contribution in [0, 0.1) is 35.4 Å². The molecule has 19 heavy (non-hydrogen) atoms. The zero-order valence-corrected chi connectivity index (χ0v) is 10.6. The molecule has 100 valence electrons. The predicted octanol–water partition coefficient (Wildman–Crippen LogP) is 2.64. The summed E-state index contributed by atoms with van der Waals surface area (Å²) >= 11 is 0. The van der Waals surface area contributed by atoms with Crippen molar-refractivity contribution in [3.63, 3.8) is 0 Å². The maximum Gasteiger partial charge on any atom is 0.228 e. The number of nitrogens with two attached hydrogens (primary N) is 1. The Bertz CT molecular complexity index is 543. The van der Waals surface area contributed by atoms with Crippen molar-refractivity contribution in [1.82, 2.24) is 0 Å². The monoisotopic (exact) mass is 260 g/mol. The van der Waals surface area contributed by atoms with E-state index in [1.807, 2.05) is 0 Å². The van der Waals surface area contributed by atoms with Gasteiger partial charge in [0.25, 0.3) is 0 Å². The summed E-state index contributed by atoms with van der Waals surface area (Å²) in [5, 5.41) is 2.88. The van der Waals surface area contributed by atoms with Crippen molar-refractivity contribution in [2.75, 3.05) is 11.1 Å². The highest BCUT2D eigenvalue weighted by Crippen LogP contribution is 2.69. The van der Waals surface area contributed by atoms with Crippen molar-refractivity contribution in [3.05, 3.63) is 24.0 Å². The number of rotatable bonds is 2. The van der Waals surface area contributed by atoms with Crippen LogP contribution in [0.5, 0.6) is 0 Å². The molecule has 3 N–H and O–H groups in total. The first-order chi connectivity index (χ1) is 9.15. The summed E-state index contributed by atoms with van der Waals surface area (Å²) < 4.78 is 13.1. The van der Waals surface area contributed by atoms with Crippen LogP contribution >= 0.6 is 0 Å². The van der Waals surface area contributed by atoms with E-state index < -0.39 is 5.82 Å². The number of anilines is 2. The largest absolute Gasteiger partial charge is 0.396 e. The molecule has 0 saturated heterocycles. The van der Waals surface area contributed by atoms with Crippen LogP contribution in [-0.2, 0) is 4.79 Å². The zero-order valence-electron chi connectivity index (χ0n) is 10.6. The van der Waals surface area contributed by atoms with Gasteiger partial charge in [-0.25, -0.2) is 4.39 Å². The van der Waals surface area contributed by atoms with Crippen molar-refractivity contribution in [3.8, 4) is 0 Å². The lowest BCUT2D eigenvalue weighted by molar-refractivity contribution is -0.118. The second-order valence-electron chi connectivity index (χ2n) is 6.24. The molecule has 4 unspecified atom stereocenters. The lowest BCUT2D eigenvalue weighted by Gasteiger charge is -2.10. The standard InChI is InChI=1S/C15H17FN2O/c16-10-4-3-9(6-11(10)17)18-15(19)14-12-7-1-2-8(5-7)13(12)14/h3-4,6-8,12-14H,1-2,5,17H2,(H,18,19). The molecule has 0 aromatic heterocycles. The summed E-state index contributed by atoms with van der Waals surface area (Å²) in [6, 6.07) is 4.35. The van der Waals surface area contributed by atoms with Gasteiger partial charge in [0, 0.05) is 11.6 Å². The maximum absolute atomic E-state index is 13.1. The Kier molecular flexibility index (Phi) is 2.20. The minimum absolute atomic E-state index is 0.0776. The van der Waals surface area contributed by atoms with Gasteiger partial charge in [-0.3, -0.25) is 4.79 Å². The highest BCUT2D eigenvalue weighted by Gasteiger charge is 2.67. The molecule has 2 bridgehead atoms. The van der Waals surface area contributed by atoms with Crippen LogP contribution in [0.3, 0.4) is 0 Å². The molecular formula is C15H17FN2O. The number of carbonyl (C=O) groups excluding carboxylic acids is 1. The van der Waals surface area contributed by atoms with E-state index in [1.54, 1.807) is 6.07 Å². The van der Waals surface area contributed by atoms with Gasteiger partial charge in [0.15, 0.2) is 0 Å². The van der Waals surface area contributed by atoms with E-state index in [0.29, 0.717) is 17.5 Å². The van der Waals surface area contributed by atoms with Gasteiger partial charge < -0.3 is 11.1 Å². The molecule has 4 heteroatoms. The van der Waals surface area contributed by atoms with Crippen molar-refractivity contribution < 1.29 is 9.18 Å². The van der Waals surface area contributed by atoms with E-state index in [0.717, 1.165) is 11.8 Å². The van der Waals surface area contributed by atoms with Crippen LogP contribution in [0.25, 0.3) is 0 Å². The third kappa shape index (κ3) is 1.58. The molecule has 3 aliphatic carbocycles. The van der Waals surface area contributed by atoms with Gasteiger partial charge in [-0.2, -0.15) is 0 Å². The average Bonchev–Trinajstić information content (AvgIpc) is 2.83. The third-order valence-electron chi connectivity index (χ3n) is 5.30. The lowest BCUT2D eigenvalue weighted by atomic mass is 10.0. The first-order valence-corrected chi connectivity index (χ1v) is 7.01. The molecule has 4 atom stereocenters. The minimum atomic E-state index is -0.445. The predicted molar refractivity (Wildman–Crippen MR) is 70.7 cm³/mol. The van der Waals surface area contributed by atoms with Gasteiger partial charge in [-0.1, -0.05) is 0 Å². The van der Waals surface area contributed by atoms with E-state index in [2.05, 4.69) is 5.32 Å². The number of nitrogens with one attached hydrogen (secondary N) is 1. The number of amides is 1.